The topological polar surface area (TPSA) is 76.2 Å². The van der Waals surface area contributed by atoms with Crippen LogP contribution in [0.3, 0.4) is 0 Å². The van der Waals surface area contributed by atoms with E-state index < -0.39 is 26.0 Å². The number of aromatic amines is 1. The second-order valence-corrected chi connectivity index (χ2v) is 7.23. The molecule has 0 amide bonds. The number of aromatic nitrogens is 1. The SMILES string of the molecule is COc1ccc2[nH]cc(S(=O)(=O)c3ccc(C)c(F)c3)c(=O)c2c1. The molecule has 0 aliphatic heterocycles. The van der Waals surface area contributed by atoms with Crippen LogP contribution in [0.1, 0.15) is 5.56 Å². The van der Waals surface area contributed by atoms with Crippen molar-refractivity contribution in [2.45, 2.75) is 16.7 Å². The fourth-order valence-corrected chi connectivity index (χ4v) is 3.70. The Labute approximate surface area is 137 Å². The molecule has 24 heavy (non-hydrogen) atoms. The molecule has 0 radical (unpaired) electrons. The number of fused-ring (bicyclic) bond motifs is 1. The van der Waals surface area contributed by atoms with Crippen molar-refractivity contribution < 1.29 is 17.5 Å². The molecule has 7 heteroatoms. The van der Waals surface area contributed by atoms with Crippen LogP contribution >= 0.6 is 0 Å². The van der Waals surface area contributed by atoms with Gasteiger partial charge >= 0.3 is 0 Å². The number of nitrogens with one attached hydrogen (secondary N) is 1. The van der Waals surface area contributed by atoms with Crippen molar-refractivity contribution in [3.8, 4) is 5.75 Å². The Morgan fingerprint density at radius 2 is 1.88 bits per heavy atom. The Bertz CT molecular complexity index is 1100. The monoisotopic (exact) mass is 347 g/mol. The van der Waals surface area contributed by atoms with Crippen LogP contribution in [0.4, 0.5) is 4.39 Å². The summed E-state index contributed by atoms with van der Waals surface area (Å²) >= 11 is 0. The number of methoxy groups -OCH3 is 1. The summed E-state index contributed by atoms with van der Waals surface area (Å²) in [7, 11) is -2.70. The average Bonchev–Trinajstić information content (AvgIpc) is 2.57. The highest BCUT2D eigenvalue weighted by Gasteiger charge is 2.23. The predicted molar refractivity (Wildman–Crippen MR) is 87.7 cm³/mol. The molecule has 0 fully saturated rings. The summed E-state index contributed by atoms with van der Waals surface area (Å²) in [5.41, 5.74) is 0.143. The maximum atomic E-state index is 13.7. The lowest BCUT2D eigenvalue weighted by Gasteiger charge is -2.07. The number of pyridine rings is 1. The minimum absolute atomic E-state index is 0.183. The van der Waals surface area contributed by atoms with E-state index in [0.29, 0.717) is 16.8 Å². The van der Waals surface area contributed by atoms with Crippen LogP contribution < -0.4 is 10.2 Å². The van der Waals surface area contributed by atoms with Crippen LogP contribution in [-0.4, -0.2) is 20.5 Å². The largest absolute Gasteiger partial charge is 0.497 e. The van der Waals surface area contributed by atoms with E-state index in [-0.39, 0.29) is 10.3 Å². The lowest BCUT2D eigenvalue weighted by molar-refractivity contribution is 0.415. The average molecular weight is 347 g/mol. The summed E-state index contributed by atoms with van der Waals surface area (Å²) in [6, 6.07) is 8.30. The van der Waals surface area contributed by atoms with Crippen molar-refractivity contribution in [2.75, 3.05) is 7.11 Å². The third kappa shape index (κ3) is 2.56. The van der Waals surface area contributed by atoms with E-state index in [2.05, 4.69) is 4.98 Å². The number of aryl methyl sites for hydroxylation is 1. The zero-order chi connectivity index (χ0) is 17.5. The summed E-state index contributed by atoms with van der Waals surface area (Å²) in [6.45, 7) is 1.53. The third-order valence-electron chi connectivity index (χ3n) is 3.80. The first-order valence-electron chi connectivity index (χ1n) is 7.05. The fourth-order valence-electron chi connectivity index (χ4n) is 2.37. The Balaban J connectivity index is 2.26. The van der Waals surface area contributed by atoms with E-state index in [1.54, 1.807) is 12.1 Å². The quantitative estimate of drug-likeness (QED) is 0.790. The molecule has 124 valence electrons. The molecule has 1 heterocycles. The number of sulfone groups is 1. The molecule has 3 rings (SSSR count). The molecular weight excluding hydrogens is 333 g/mol. The first-order valence-corrected chi connectivity index (χ1v) is 8.53. The van der Waals surface area contributed by atoms with Gasteiger partial charge < -0.3 is 9.72 Å². The van der Waals surface area contributed by atoms with E-state index in [4.69, 9.17) is 4.74 Å². The predicted octanol–water partition coefficient (Wildman–Crippen LogP) is 2.82. The first kappa shape index (κ1) is 16.2. The van der Waals surface area contributed by atoms with Gasteiger partial charge in [0, 0.05) is 11.7 Å². The zero-order valence-electron chi connectivity index (χ0n) is 13.0. The second-order valence-electron chi connectivity index (χ2n) is 5.31. The number of hydrogen-bond acceptors (Lipinski definition) is 4. The Morgan fingerprint density at radius 1 is 1.12 bits per heavy atom. The van der Waals surface area contributed by atoms with Gasteiger partial charge in [0.25, 0.3) is 0 Å². The first-order chi connectivity index (χ1) is 11.3. The van der Waals surface area contributed by atoms with Crippen LogP contribution in [0.2, 0.25) is 0 Å². The number of H-pyrrole nitrogens is 1. The minimum Gasteiger partial charge on any atom is -0.497 e. The molecule has 2 aromatic carbocycles. The van der Waals surface area contributed by atoms with Gasteiger partial charge in [-0.1, -0.05) is 6.07 Å². The zero-order valence-corrected chi connectivity index (χ0v) is 13.8. The van der Waals surface area contributed by atoms with Crippen molar-refractivity contribution in [3.63, 3.8) is 0 Å². The van der Waals surface area contributed by atoms with Crippen molar-refractivity contribution in [1.29, 1.82) is 0 Å². The minimum atomic E-state index is -4.14. The molecular formula is C17H14FNO4S. The second kappa shape index (κ2) is 5.76. The number of halogens is 1. The molecule has 5 nitrogen and oxygen atoms in total. The number of rotatable bonds is 3. The molecule has 0 bridgehead atoms. The van der Waals surface area contributed by atoms with E-state index in [9.17, 15) is 17.6 Å². The molecule has 0 saturated heterocycles. The molecule has 0 saturated carbocycles. The molecule has 0 aliphatic rings. The lowest BCUT2D eigenvalue weighted by Crippen LogP contribution is -2.16. The standard InChI is InChI=1S/C17H14FNO4S/c1-10-3-5-12(8-14(10)18)24(21,22)16-9-19-15-6-4-11(23-2)7-13(15)17(16)20/h3-9H,1-2H3,(H,19,20). The maximum absolute atomic E-state index is 13.7. The van der Waals surface area contributed by atoms with Gasteiger partial charge in [-0.3, -0.25) is 4.79 Å². The highest BCUT2D eigenvalue weighted by Crippen LogP contribution is 2.23. The number of ether oxygens (including phenoxy) is 1. The molecule has 0 unspecified atom stereocenters. The van der Waals surface area contributed by atoms with Crippen molar-refractivity contribution in [2.24, 2.45) is 0 Å². The van der Waals surface area contributed by atoms with E-state index >= 15 is 0 Å². The van der Waals surface area contributed by atoms with Crippen LogP contribution in [0.15, 0.2) is 57.2 Å². The van der Waals surface area contributed by atoms with Gasteiger partial charge in [-0.2, -0.15) is 0 Å². The van der Waals surface area contributed by atoms with Gasteiger partial charge in [0.05, 0.1) is 17.4 Å². The molecule has 0 atom stereocenters. The van der Waals surface area contributed by atoms with Crippen LogP contribution in [0, 0.1) is 12.7 Å². The Morgan fingerprint density at radius 3 is 2.54 bits per heavy atom. The van der Waals surface area contributed by atoms with Gasteiger partial charge in [-0.05, 0) is 42.8 Å². The molecule has 0 spiro atoms. The Kier molecular flexibility index (Phi) is 3.88. The molecule has 0 aliphatic carbocycles. The number of hydrogen-bond donors (Lipinski definition) is 1. The van der Waals surface area contributed by atoms with E-state index in [1.165, 1.54) is 32.2 Å². The Hall–Kier alpha value is -2.67. The molecule has 1 N–H and O–H groups in total. The summed E-state index contributed by atoms with van der Waals surface area (Å²) in [4.78, 5) is 14.7. The lowest BCUT2D eigenvalue weighted by atomic mass is 10.2. The maximum Gasteiger partial charge on any atom is 0.212 e. The third-order valence-corrected chi connectivity index (χ3v) is 5.55. The highest BCUT2D eigenvalue weighted by molar-refractivity contribution is 7.91. The highest BCUT2D eigenvalue weighted by atomic mass is 32.2. The number of benzene rings is 2. The van der Waals surface area contributed by atoms with Crippen LogP contribution in [-0.2, 0) is 9.84 Å². The summed E-state index contributed by atoms with van der Waals surface area (Å²) < 4.78 is 44.2. The smallest absolute Gasteiger partial charge is 0.212 e. The van der Waals surface area contributed by atoms with Crippen molar-refractivity contribution in [3.05, 3.63) is 64.2 Å². The van der Waals surface area contributed by atoms with Gasteiger partial charge in [-0.25, -0.2) is 12.8 Å². The summed E-state index contributed by atoms with van der Waals surface area (Å²) in [5.74, 6) is -0.209. The van der Waals surface area contributed by atoms with Crippen LogP contribution in [0.5, 0.6) is 5.75 Å². The van der Waals surface area contributed by atoms with Gasteiger partial charge in [0.15, 0.2) is 0 Å². The molecule has 1 aromatic heterocycles. The summed E-state index contributed by atoms with van der Waals surface area (Å²) in [5, 5.41) is 0.183. The molecule has 3 aromatic rings. The van der Waals surface area contributed by atoms with Gasteiger partial charge in [0.1, 0.15) is 16.5 Å². The van der Waals surface area contributed by atoms with Crippen LogP contribution in [0.25, 0.3) is 10.9 Å². The van der Waals surface area contributed by atoms with E-state index in [0.717, 1.165) is 12.3 Å². The summed E-state index contributed by atoms with van der Waals surface area (Å²) in [6.07, 6.45) is 1.13. The van der Waals surface area contributed by atoms with Crippen molar-refractivity contribution >= 4 is 20.7 Å². The van der Waals surface area contributed by atoms with E-state index in [1.807, 2.05) is 0 Å². The normalized spacial score (nSPS) is 11.6. The van der Waals surface area contributed by atoms with Gasteiger partial charge in [-0.15, -0.1) is 0 Å². The van der Waals surface area contributed by atoms with Crippen molar-refractivity contribution in [1.82, 2.24) is 4.98 Å². The fraction of sp³-hybridized carbons (Fsp3) is 0.118. The van der Waals surface area contributed by atoms with Gasteiger partial charge in [0.2, 0.25) is 15.3 Å².